The van der Waals surface area contributed by atoms with Gasteiger partial charge in [-0.3, -0.25) is 4.79 Å². The second-order valence-electron chi connectivity index (χ2n) is 3.03. The van der Waals surface area contributed by atoms with Crippen molar-refractivity contribution < 1.29 is 47.3 Å². The minimum Gasteiger partial charge on any atom is -0.748 e. The number of carbonyl (C=O) groups is 1. The normalized spacial score (nSPS) is 10.9. The van der Waals surface area contributed by atoms with Gasteiger partial charge in [-0.2, -0.15) is 0 Å². The summed E-state index contributed by atoms with van der Waals surface area (Å²) in [6, 6.07) is 2.97. The van der Waals surface area contributed by atoms with Crippen molar-refractivity contribution in [2.75, 3.05) is 0 Å². The zero-order chi connectivity index (χ0) is 10.9. The molecule has 1 aromatic rings. The first-order valence-electron chi connectivity index (χ1n) is 3.90. The molecular formula is C8H10NNaO4S. The molecule has 5 nitrogen and oxygen atoms in total. The second kappa shape index (κ2) is 5.27. The van der Waals surface area contributed by atoms with Gasteiger partial charge in [-0.05, 0) is 12.1 Å². The van der Waals surface area contributed by atoms with Crippen LogP contribution >= 0.6 is 0 Å². The fourth-order valence-electron chi connectivity index (χ4n) is 1.23. The van der Waals surface area contributed by atoms with E-state index in [1.165, 1.54) is 23.6 Å². The Morgan fingerprint density at radius 2 is 2.00 bits per heavy atom. The van der Waals surface area contributed by atoms with E-state index < -0.39 is 15.9 Å². The van der Waals surface area contributed by atoms with E-state index in [0.717, 1.165) is 0 Å². The van der Waals surface area contributed by atoms with Crippen LogP contribution in [0.2, 0.25) is 0 Å². The molecule has 0 aliphatic carbocycles. The fraction of sp³-hybridized carbons (Fsp3) is 0.375. The molecule has 7 heteroatoms. The first-order chi connectivity index (χ1) is 6.31. The number of nitrogens with zero attached hydrogens (tertiary/aromatic N) is 1. The number of carbonyl (C=O) groups excluding carboxylic acids is 1. The summed E-state index contributed by atoms with van der Waals surface area (Å²) in [6.45, 7) is 1.38. The summed E-state index contributed by atoms with van der Waals surface area (Å²) in [6.07, 6.45) is 0. The summed E-state index contributed by atoms with van der Waals surface area (Å²) in [5, 5.41) is 0. The van der Waals surface area contributed by atoms with Gasteiger partial charge in [0.1, 0.15) is 10.1 Å². The number of ketones is 1. The molecule has 0 bridgehead atoms. The van der Waals surface area contributed by atoms with Gasteiger partial charge in [0.25, 0.3) is 0 Å². The first-order valence-corrected chi connectivity index (χ1v) is 5.48. The van der Waals surface area contributed by atoms with E-state index in [9.17, 15) is 17.8 Å². The average Bonchev–Trinajstić information content (AvgIpc) is 2.29. The SMILES string of the molecule is CC(=O)c1ccc(CS(=O)(=O)[O-])n1C.[Na+]. The molecule has 0 aliphatic rings. The summed E-state index contributed by atoms with van der Waals surface area (Å²) in [5.74, 6) is -0.751. The van der Waals surface area contributed by atoms with Gasteiger partial charge in [-0.1, -0.05) is 0 Å². The number of aromatic nitrogens is 1. The van der Waals surface area contributed by atoms with E-state index in [-0.39, 0.29) is 35.3 Å². The van der Waals surface area contributed by atoms with Crippen LogP contribution in [0, 0.1) is 0 Å². The van der Waals surface area contributed by atoms with Gasteiger partial charge in [0, 0.05) is 19.7 Å². The molecule has 1 rings (SSSR count). The van der Waals surface area contributed by atoms with Crippen molar-refractivity contribution >= 4 is 15.9 Å². The van der Waals surface area contributed by atoms with Gasteiger partial charge < -0.3 is 9.12 Å². The van der Waals surface area contributed by atoms with Crippen molar-refractivity contribution in [2.45, 2.75) is 12.7 Å². The third-order valence-electron chi connectivity index (χ3n) is 1.91. The largest absolute Gasteiger partial charge is 1.00 e. The van der Waals surface area contributed by atoms with Gasteiger partial charge >= 0.3 is 29.6 Å². The Morgan fingerprint density at radius 3 is 2.33 bits per heavy atom. The maximum Gasteiger partial charge on any atom is 1.00 e. The van der Waals surface area contributed by atoms with E-state index >= 15 is 0 Å². The topological polar surface area (TPSA) is 79.2 Å². The minimum atomic E-state index is -4.29. The van der Waals surface area contributed by atoms with Crippen LogP contribution in [0.1, 0.15) is 23.1 Å². The van der Waals surface area contributed by atoms with Crippen molar-refractivity contribution in [3.63, 3.8) is 0 Å². The predicted molar refractivity (Wildman–Crippen MR) is 48.8 cm³/mol. The summed E-state index contributed by atoms with van der Waals surface area (Å²) < 4.78 is 32.8. The molecule has 0 aromatic carbocycles. The van der Waals surface area contributed by atoms with Crippen molar-refractivity contribution in [1.29, 1.82) is 0 Å². The summed E-state index contributed by atoms with van der Waals surface area (Å²) in [4.78, 5) is 11.0. The van der Waals surface area contributed by atoms with Crippen LogP contribution in [0.3, 0.4) is 0 Å². The van der Waals surface area contributed by atoms with E-state index in [1.54, 1.807) is 7.05 Å². The Labute approximate surface area is 111 Å². The number of hydrogen-bond donors (Lipinski definition) is 0. The smallest absolute Gasteiger partial charge is 0.748 e. The quantitative estimate of drug-likeness (QED) is 0.326. The predicted octanol–water partition coefficient (Wildman–Crippen LogP) is -2.72. The maximum absolute atomic E-state index is 11.0. The van der Waals surface area contributed by atoms with Gasteiger partial charge in [-0.25, -0.2) is 8.42 Å². The fourth-order valence-corrected chi connectivity index (χ4v) is 1.89. The molecule has 0 saturated heterocycles. The zero-order valence-corrected chi connectivity index (χ0v) is 11.7. The van der Waals surface area contributed by atoms with Crippen molar-refractivity contribution in [2.24, 2.45) is 7.05 Å². The monoisotopic (exact) mass is 239 g/mol. The van der Waals surface area contributed by atoms with Crippen LogP contribution in [0.25, 0.3) is 0 Å². The zero-order valence-electron chi connectivity index (χ0n) is 8.85. The van der Waals surface area contributed by atoms with E-state index in [1.807, 2.05) is 0 Å². The molecule has 1 aromatic heterocycles. The average molecular weight is 239 g/mol. The van der Waals surface area contributed by atoms with Gasteiger partial charge in [-0.15, -0.1) is 0 Å². The number of rotatable bonds is 3. The van der Waals surface area contributed by atoms with Crippen LogP contribution in [0.5, 0.6) is 0 Å². The van der Waals surface area contributed by atoms with E-state index in [4.69, 9.17) is 0 Å². The summed E-state index contributed by atoms with van der Waals surface area (Å²) >= 11 is 0. The molecular weight excluding hydrogens is 229 g/mol. The Bertz CT molecular complexity index is 463. The van der Waals surface area contributed by atoms with E-state index in [0.29, 0.717) is 11.4 Å². The second-order valence-corrected chi connectivity index (χ2v) is 4.43. The van der Waals surface area contributed by atoms with Gasteiger partial charge in [0.15, 0.2) is 5.78 Å². The molecule has 0 atom stereocenters. The Morgan fingerprint density at radius 1 is 1.47 bits per heavy atom. The van der Waals surface area contributed by atoms with Crippen molar-refractivity contribution in [1.82, 2.24) is 4.57 Å². The van der Waals surface area contributed by atoms with Crippen LogP contribution in [0.15, 0.2) is 12.1 Å². The molecule has 1 heterocycles. The van der Waals surface area contributed by atoms with Gasteiger partial charge in [0.05, 0.1) is 11.4 Å². The van der Waals surface area contributed by atoms with Crippen LogP contribution in [-0.2, 0) is 22.9 Å². The molecule has 0 aliphatic heterocycles. The molecule has 0 saturated carbocycles. The molecule has 0 amide bonds. The van der Waals surface area contributed by atoms with Crippen LogP contribution in [0.4, 0.5) is 0 Å². The third-order valence-corrected chi connectivity index (χ3v) is 2.56. The minimum absolute atomic E-state index is 0. The number of Topliss-reactive ketones (excluding diaryl/α,β-unsaturated/α-hetero) is 1. The first kappa shape index (κ1) is 14.9. The molecule has 0 spiro atoms. The maximum atomic E-state index is 11.0. The third kappa shape index (κ3) is 4.08. The Balaban J connectivity index is 0.00000196. The molecule has 0 N–H and O–H groups in total. The van der Waals surface area contributed by atoms with Crippen molar-refractivity contribution in [3.05, 3.63) is 23.5 Å². The Hall–Kier alpha value is -0.140. The summed E-state index contributed by atoms with van der Waals surface area (Å²) in [5.41, 5.74) is 0.717. The summed E-state index contributed by atoms with van der Waals surface area (Å²) in [7, 11) is -2.74. The van der Waals surface area contributed by atoms with Crippen LogP contribution in [-0.4, -0.2) is 23.3 Å². The van der Waals surface area contributed by atoms with Crippen LogP contribution < -0.4 is 29.6 Å². The molecule has 0 fully saturated rings. The molecule has 15 heavy (non-hydrogen) atoms. The Kier molecular flexibility index (Phi) is 5.22. The molecule has 0 radical (unpaired) electrons. The molecule has 78 valence electrons. The van der Waals surface area contributed by atoms with E-state index in [2.05, 4.69) is 0 Å². The standard InChI is InChI=1S/C8H11NO4S.Na/c1-6(10)8-4-3-7(9(8)2)5-14(11,12)13;/h3-4H,5H2,1-2H3,(H,11,12,13);/q;+1/p-1. The molecule has 0 unspecified atom stereocenters. The number of hydrogen-bond acceptors (Lipinski definition) is 4. The van der Waals surface area contributed by atoms with Gasteiger partial charge in [0.2, 0.25) is 0 Å². The van der Waals surface area contributed by atoms with Crippen molar-refractivity contribution in [3.8, 4) is 0 Å².